The second-order valence-electron chi connectivity index (χ2n) is 4.43. The van der Waals surface area contributed by atoms with E-state index in [1.54, 1.807) is 24.3 Å². The molecule has 2 rings (SSSR count). The summed E-state index contributed by atoms with van der Waals surface area (Å²) in [4.78, 5) is 0. The minimum atomic E-state index is -4.36. The molecule has 2 aromatic rings. The van der Waals surface area contributed by atoms with Crippen molar-refractivity contribution in [3.05, 3.63) is 58.1 Å². The molecule has 118 valence electrons. The van der Waals surface area contributed by atoms with Crippen molar-refractivity contribution in [2.24, 2.45) is 0 Å². The van der Waals surface area contributed by atoms with Crippen molar-refractivity contribution >= 4 is 28.9 Å². The van der Waals surface area contributed by atoms with Crippen LogP contribution in [0.4, 0.5) is 18.9 Å². The first kappa shape index (κ1) is 16.8. The van der Waals surface area contributed by atoms with Crippen LogP contribution in [-0.2, 0) is 6.18 Å². The first-order chi connectivity index (χ1) is 10.4. The lowest BCUT2D eigenvalue weighted by atomic mass is 10.2. The molecule has 22 heavy (non-hydrogen) atoms. The van der Waals surface area contributed by atoms with Gasteiger partial charge in [-0.15, -0.1) is 0 Å². The summed E-state index contributed by atoms with van der Waals surface area (Å²) >= 11 is 11.7. The Morgan fingerprint density at radius 2 is 1.82 bits per heavy atom. The van der Waals surface area contributed by atoms with Crippen LogP contribution in [0.5, 0.6) is 5.75 Å². The fourth-order valence-electron chi connectivity index (χ4n) is 1.75. The van der Waals surface area contributed by atoms with Gasteiger partial charge in [-0.25, -0.2) is 0 Å². The van der Waals surface area contributed by atoms with E-state index in [1.165, 1.54) is 6.07 Å². The zero-order valence-electron chi connectivity index (χ0n) is 11.3. The molecule has 0 aliphatic rings. The molecular formula is C15H12Cl2F3NO. The van der Waals surface area contributed by atoms with Crippen LogP contribution in [0.15, 0.2) is 42.5 Å². The second-order valence-corrected chi connectivity index (χ2v) is 5.27. The van der Waals surface area contributed by atoms with E-state index in [4.69, 9.17) is 27.9 Å². The molecule has 0 bridgehead atoms. The summed E-state index contributed by atoms with van der Waals surface area (Å²) in [6.45, 7) is 0.581. The lowest BCUT2D eigenvalue weighted by molar-refractivity contribution is -0.137. The number of hydrogen-bond donors (Lipinski definition) is 1. The number of alkyl halides is 3. The predicted molar refractivity (Wildman–Crippen MR) is 81.9 cm³/mol. The Kier molecular flexibility index (Phi) is 5.42. The zero-order chi connectivity index (χ0) is 16.2. The van der Waals surface area contributed by atoms with Gasteiger partial charge < -0.3 is 10.1 Å². The van der Waals surface area contributed by atoms with Gasteiger partial charge >= 0.3 is 6.18 Å². The maximum absolute atomic E-state index is 12.6. The van der Waals surface area contributed by atoms with E-state index in [0.717, 1.165) is 12.1 Å². The molecule has 0 atom stereocenters. The first-order valence-electron chi connectivity index (χ1n) is 6.35. The Morgan fingerprint density at radius 3 is 2.50 bits per heavy atom. The van der Waals surface area contributed by atoms with E-state index in [9.17, 15) is 13.2 Å². The Labute approximate surface area is 135 Å². The molecule has 2 nitrogen and oxygen atoms in total. The highest BCUT2D eigenvalue weighted by atomic mass is 35.5. The van der Waals surface area contributed by atoms with Gasteiger partial charge in [-0.3, -0.25) is 0 Å². The third kappa shape index (κ3) is 4.71. The monoisotopic (exact) mass is 349 g/mol. The van der Waals surface area contributed by atoms with Gasteiger partial charge in [-0.2, -0.15) is 13.2 Å². The second kappa shape index (κ2) is 7.11. The average Bonchev–Trinajstić information content (AvgIpc) is 2.45. The number of rotatable bonds is 5. The average molecular weight is 350 g/mol. The molecular weight excluding hydrogens is 338 g/mol. The molecule has 0 saturated carbocycles. The van der Waals surface area contributed by atoms with Crippen LogP contribution in [0.1, 0.15) is 5.56 Å². The maximum atomic E-state index is 12.6. The summed E-state index contributed by atoms with van der Waals surface area (Å²) in [6, 6.07) is 9.81. The Hall–Kier alpha value is -1.59. The van der Waals surface area contributed by atoms with Crippen LogP contribution in [0.25, 0.3) is 0 Å². The molecule has 0 saturated heterocycles. The Balaban J connectivity index is 1.86. The maximum Gasteiger partial charge on any atom is 0.416 e. The summed E-state index contributed by atoms with van der Waals surface area (Å²) in [6.07, 6.45) is -4.36. The minimum absolute atomic E-state index is 0.248. The molecule has 1 N–H and O–H groups in total. The van der Waals surface area contributed by atoms with Crippen LogP contribution in [0, 0.1) is 0 Å². The largest absolute Gasteiger partial charge is 0.490 e. The highest BCUT2D eigenvalue weighted by Gasteiger charge is 2.30. The smallest absolute Gasteiger partial charge is 0.416 e. The number of anilines is 1. The lowest BCUT2D eigenvalue weighted by Gasteiger charge is -2.12. The molecule has 0 fully saturated rings. The number of halogens is 5. The van der Waals surface area contributed by atoms with Gasteiger partial charge in [0.15, 0.2) is 0 Å². The third-order valence-corrected chi connectivity index (χ3v) is 3.30. The predicted octanol–water partition coefficient (Wildman–Crippen LogP) is 5.50. The van der Waals surface area contributed by atoms with E-state index in [-0.39, 0.29) is 6.61 Å². The molecule has 0 heterocycles. The van der Waals surface area contributed by atoms with Crippen LogP contribution in [0.2, 0.25) is 10.0 Å². The quantitative estimate of drug-likeness (QED) is 0.719. The lowest BCUT2D eigenvalue weighted by Crippen LogP contribution is -2.12. The number of benzene rings is 2. The molecule has 0 aliphatic carbocycles. The fourth-order valence-corrected chi connectivity index (χ4v) is 2.22. The van der Waals surface area contributed by atoms with E-state index in [0.29, 0.717) is 28.0 Å². The summed E-state index contributed by atoms with van der Waals surface area (Å²) < 4.78 is 43.2. The molecule has 0 radical (unpaired) electrons. The summed E-state index contributed by atoms with van der Waals surface area (Å²) in [5.74, 6) is 0.469. The highest BCUT2D eigenvalue weighted by molar-refractivity contribution is 6.35. The van der Waals surface area contributed by atoms with E-state index >= 15 is 0 Å². The standard InChI is InChI=1S/C15H12Cl2F3NO/c16-11-4-5-14(13(17)9-11)22-7-6-21-12-3-1-2-10(8-12)15(18,19)20/h1-5,8-9,21H,6-7H2. The summed E-state index contributed by atoms with van der Waals surface area (Å²) in [5, 5.41) is 3.74. The van der Waals surface area contributed by atoms with Gasteiger partial charge in [-0.1, -0.05) is 29.3 Å². The van der Waals surface area contributed by atoms with Gasteiger partial charge in [0.25, 0.3) is 0 Å². The first-order valence-corrected chi connectivity index (χ1v) is 7.11. The molecule has 0 amide bonds. The molecule has 0 unspecified atom stereocenters. The number of hydrogen-bond acceptors (Lipinski definition) is 2. The molecule has 2 aromatic carbocycles. The van der Waals surface area contributed by atoms with Gasteiger partial charge in [0.2, 0.25) is 0 Å². The molecule has 7 heteroatoms. The van der Waals surface area contributed by atoms with Crippen LogP contribution >= 0.6 is 23.2 Å². The summed E-state index contributed by atoms with van der Waals surface area (Å²) in [5.41, 5.74) is -0.320. The van der Waals surface area contributed by atoms with Crippen LogP contribution in [0.3, 0.4) is 0 Å². The van der Waals surface area contributed by atoms with Gasteiger partial charge in [0, 0.05) is 17.3 Å². The third-order valence-electron chi connectivity index (χ3n) is 2.77. The van der Waals surface area contributed by atoms with Gasteiger partial charge in [0.1, 0.15) is 12.4 Å². The fraction of sp³-hybridized carbons (Fsp3) is 0.200. The Bertz CT molecular complexity index is 647. The van der Waals surface area contributed by atoms with Crippen molar-refractivity contribution < 1.29 is 17.9 Å². The van der Waals surface area contributed by atoms with Gasteiger partial charge in [0.05, 0.1) is 10.6 Å². The Morgan fingerprint density at radius 1 is 1.05 bits per heavy atom. The normalized spacial score (nSPS) is 11.3. The van der Waals surface area contributed by atoms with Crippen LogP contribution in [-0.4, -0.2) is 13.2 Å². The van der Waals surface area contributed by atoms with Crippen molar-refractivity contribution in [3.8, 4) is 5.75 Å². The number of ether oxygens (including phenoxy) is 1. The molecule has 0 aromatic heterocycles. The van der Waals surface area contributed by atoms with Crippen molar-refractivity contribution in [3.63, 3.8) is 0 Å². The minimum Gasteiger partial charge on any atom is -0.490 e. The topological polar surface area (TPSA) is 21.3 Å². The molecule has 0 spiro atoms. The molecule has 0 aliphatic heterocycles. The van der Waals surface area contributed by atoms with Crippen molar-refractivity contribution in [2.75, 3.05) is 18.5 Å². The van der Waals surface area contributed by atoms with E-state index in [2.05, 4.69) is 5.32 Å². The van der Waals surface area contributed by atoms with Gasteiger partial charge in [-0.05, 0) is 36.4 Å². The highest BCUT2D eigenvalue weighted by Crippen LogP contribution is 2.30. The van der Waals surface area contributed by atoms with E-state index < -0.39 is 11.7 Å². The summed E-state index contributed by atoms with van der Waals surface area (Å²) in [7, 11) is 0. The number of nitrogens with one attached hydrogen (secondary N) is 1. The zero-order valence-corrected chi connectivity index (χ0v) is 12.8. The van der Waals surface area contributed by atoms with Crippen LogP contribution < -0.4 is 10.1 Å². The van der Waals surface area contributed by atoms with Crippen molar-refractivity contribution in [2.45, 2.75) is 6.18 Å². The van der Waals surface area contributed by atoms with Crippen molar-refractivity contribution in [1.82, 2.24) is 0 Å². The van der Waals surface area contributed by atoms with Crippen molar-refractivity contribution in [1.29, 1.82) is 0 Å². The SMILES string of the molecule is FC(F)(F)c1cccc(NCCOc2ccc(Cl)cc2Cl)c1. The van der Waals surface area contributed by atoms with E-state index in [1.807, 2.05) is 0 Å².